The van der Waals surface area contributed by atoms with Gasteiger partial charge in [0.05, 0.1) is 17.6 Å². The molecule has 0 saturated carbocycles. The summed E-state index contributed by atoms with van der Waals surface area (Å²) in [6, 6.07) is 13.7. The minimum absolute atomic E-state index is 0.0725. The van der Waals surface area contributed by atoms with E-state index in [-0.39, 0.29) is 11.3 Å². The Morgan fingerprint density at radius 1 is 1.15 bits per heavy atom. The van der Waals surface area contributed by atoms with Crippen LogP contribution in [0.15, 0.2) is 48.5 Å². The maximum atomic E-state index is 11.8. The number of nitro groups is 1. The number of methoxy groups -OCH3 is 1. The summed E-state index contributed by atoms with van der Waals surface area (Å²) in [5.41, 5.74) is 1.42. The fourth-order valence-corrected chi connectivity index (χ4v) is 2.03. The second-order valence-corrected chi connectivity index (χ2v) is 4.21. The predicted molar refractivity (Wildman–Crippen MR) is 73.7 cm³/mol. The molecule has 0 aliphatic heterocycles. The van der Waals surface area contributed by atoms with Crippen LogP contribution in [0.4, 0.5) is 5.69 Å². The average molecular weight is 271 g/mol. The second kappa shape index (κ2) is 5.97. The van der Waals surface area contributed by atoms with Gasteiger partial charge in [-0.3, -0.25) is 10.1 Å². The Kier molecular flexibility index (Phi) is 4.10. The predicted octanol–water partition coefficient (Wildman–Crippen LogP) is 2.97. The Balaban J connectivity index is 2.52. The topological polar surface area (TPSA) is 69.4 Å². The number of nitrogens with zero attached hydrogens (tertiary/aromatic N) is 1. The van der Waals surface area contributed by atoms with E-state index in [1.54, 1.807) is 0 Å². The molecular weight excluding hydrogens is 258 g/mol. The van der Waals surface area contributed by atoms with Crippen molar-refractivity contribution in [3.63, 3.8) is 0 Å². The third-order valence-electron chi connectivity index (χ3n) is 2.98. The van der Waals surface area contributed by atoms with Gasteiger partial charge in [-0.2, -0.15) is 0 Å². The van der Waals surface area contributed by atoms with Crippen molar-refractivity contribution in [3.8, 4) is 0 Å². The number of ether oxygens (including phenoxy) is 1. The van der Waals surface area contributed by atoms with Crippen LogP contribution in [-0.2, 0) is 11.2 Å². The van der Waals surface area contributed by atoms with Gasteiger partial charge in [-0.25, -0.2) is 4.79 Å². The minimum atomic E-state index is -0.570. The Labute approximate surface area is 116 Å². The standard InChI is InChI=1S/C15H13NO4/c1-20-15(17)12-8-5-9-14(16(18)19)13(12)10-11-6-3-2-4-7-11/h2-9H,10H2,1H3. The lowest BCUT2D eigenvalue weighted by atomic mass is 9.98. The molecular formula is C15H13NO4. The van der Waals surface area contributed by atoms with E-state index in [2.05, 4.69) is 4.74 Å². The summed E-state index contributed by atoms with van der Waals surface area (Å²) in [6.07, 6.45) is 0.308. The molecule has 0 bridgehead atoms. The van der Waals surface area contributed by atoms with E-state index in [0.29, 0.717) is 12.0 Å². The molecule has 2 rings (SSSR count). The van der Waals surface area contributed by atoms with E-state index in [1.807, 2.05) is 30.3 Å². The van der Waals surface area contributed by atoms with Gasteiger partial charge in [-0.15, -0.1) is 0 Å². The number of carbonyl (C=O) groups is 1. The lowest BCUT2D eigenvalue weighted by Crippen LogP contribution is -2.08. The molecule has 2 aromatic rings. The van der Waals surface area contributed by atoms with E-state index >= 15 is 0 Å². The maximum Gasteiger partial charge on any atom is 0.338 e. The van der Waals surface area contributed by atoms with Crippen molar-refractivity contribution < 1.29 is 14.5 Å². The molecule has 0 fully saturated rings. The summed E-state index contributed by atoms with van der Waals surface area (Å²) in [4.78, 5) is 22.4. The van der Waals surface area contributed by atoms with Crippen molar-refractivity contribution in [1.29, 1.82) is 0 Å². The summed E-state index contributed by atoms with van der Waals surface area (Å²) < 4.78 is 4.69. The van der Waals surface area contributed by atoms with Crippen LogP contribution in [0.3, 0.4) is 0 Å². The van der Waals surface area contributed by atoms with Crippen LogP contribution in [0.25, 0.3) is 0 Å². The van der Waals surface area contributed by atoms with Gasteiger partial charge in [0.15, 0.2) is 0 Å². The van der Waals surface area contributed by atoms with Gasteiger partial charge in [0, 0.05) is 18.1 Å². The first-order chi connectivity index (χ1) is 9.63. The van der Waals surface area contributed by atoms with E-state index in [4.69, 9.17) is 0 Å². The van der Waals surface area contributed by atoms with Crippen molar-refractivity contribution in [2.45, 2.75) is 6.42 Å². The first kappa shape index (κ1) is 13.7. The van der Waals surface area contributed by atoms with Gasteiger partial charge in [0.25, 0.3) is 5.69 Å². The molecule has 5 heteroatoms. The van der Waals surface area contributed by atoms with Crippen molar-refractivity contribution in [2.24, 2.45) is 0 Å². The highest BCUT2D eigenvalue weighted by atomic mass is 16.6. The molecule has 0 spiro atoms. The molecule has 0 heterocycles. The average Bonchev–Trinajstić information content (AvgIpc) is 2.47. The zero-order chi connectivity index (χ0) is 14.5. The number of esters is 1. The highest BCUT2D eigenvalue weighted by molar-refractivity contribution is 5.92. The van der Waals surface area contributed by atoms with Gasteiger partial charge in [-0.1, -0.05) is 36.4 Å². The summed E-state index contributed by atoms with van der Waals surface area (Å²) in [5, 5.41) is 11.1. The SMILES string of the molecule is COC(=O)c1cccc([N+](=O)[O-])c1Cc1ccccc1. The maximum absolute atomic E-state index is 11.8. The number of carbonyl (C=O) groups excluding carboxylic acids is 1. The van der Waals surface area contributed by atoms with Crippen LogP contribution in [0.5, 0.6) is 0 Å². The smallest absolute Gasteiger partial charge is 0.338 e. The van der Waals surface area contributed by atoms with E-state index in [1.165, 1.54) is 25.3 Å². The van der Waals surface area contributed by atoms with Crippen LogP contribution >= 0.6 is 0 Å². The van der Waals surface area contributed by atoms with Crippen LogP contribution in [-0.4, -0.2) is 18.0 Å². The molecule has 0 aliphatic rings. The summed E-state index contributed by atoms with van der Waals surface area (Å²) in [7, 11) is 1.26. The lowest BCUT2D eigenvalue weighted by molar-refractivity contribution is -0.385. The van der Waals surface area contributed by atoms with Crippen LogP contribution < -0.4 is 0 Å². The molecule has 102 valence electrons. The number of nitro benzene ring substituents is 1. The minimum Gasteiger partial charge on any atom is -0.465 e. The molecule has 2 aromatic carbocycles. The summed E-state index contributed by atoms with van der Waals surface area (Å²) in [6.45, 7) is 0. The monoisotopic (exact) mass is 271 g/mol. The second-order valence-electron chi connectivity index (χ2n) is 4.21. The van der Waals surface area contributed by atoms with Crippen molar-refractivity contribution >= 4 is 11.7 Å². The van der Waals surface area contributed by atoms with Gasteiger partial charge >= 0.3 is 5.97 Å². The van der Waals surface area contributed by atoms with Crippen LogP contribution in [0, 0.1) is 10.1 Å². The number of hydrogen-bond acceptors (Lipinski definition) is 4. The highest BCUT2D eigenvalue weighted by Gasteiger charge is 2.21. The van der Waals surface area contributed by atoms with E-state index < -0.39 is 10.9 Å². The molecule has 0 saturated heterocycles. The Bertz CT molecular complexity index is 638. The highest BCUT2D eigenvalue weighted by Crippen LogP contribution is 2.25. The van der Waals surface area contributed by atoms with Gasteiger partial charge in [-0.05, 0) is 11.6 Å². The van der Waals surface area contributed by atoms with Gasteiger partial charge < -0.3 is 4.74 Å². The first-order valence-electron chi connectivity index (χ1n) is 6.02. The quantitative estimate of drug-likeness (QED) is 0.487. The molecule has 5 nitrogen and oxygen atoms in total. The third kappa shape index (κ3) is 2.83. The lowest BCUT2D eigenvalue weighted by Gasteiger charge is -2.08. The zero-order valence-corrected chi connectivity index (χ0v) is 10.9. The van der Waals surface area contributed by atoms with Crippen molar-refractivity contribution in [1.82, 2.24) is 0 Å². The van der Waals surface area contributed by atoms with Gasteiger partial charge in [0.2, 0.25) is 0 Å². The Hall–Kier alpha value is -2.69. The van der Waals surface area contributed by atoms with Crippen LogP contribution in [0.2, 0.25) is 0 Å². The number of hydrogen-bond donors (Lipinski definition) is 0. The molecule has 0 amide bonds. The fraction of sp³-hybridized carbons (Fsp3) is 0.133. The zero-order valence-electron chi connectivity index (χ0n) is 10.9. The molecule has 0 atom stereocenters. The largest absolute Gasteiger partial charge is 0.465 e. The number of rotatable bonds is 4. The van der Waals surface area contributed by atoms with E-state index in [0.717, 1.165) is 5.56 Å². The molecule has 20 heavy (non-hydrogen) atoms. The van der Waals surface area contributed by atoms with Gasteiger partial charge in [0.1, 0.15) is 0 Å². The fourth-order valence-electron chi connectivity index (χ4n) is 2.03. The first-order valence-corrected chi connectivity index (χ1v) is 6.02. The van der Waals surface area contributed by atoms with E-state index in [9.17, 15) is 14.9 Å². The van der Waals surface area contributed by atoms with Crippen molar-refractivity contribution in [3.05, 3.63) is 75.3 Å². The Morgan fingerprint density at radius 3 is 2.45 bits per heavy atom. The normalized spacial score (nSPS) is 10.1. The molecule has 0 N–H and O–H groups in total. The number of benzene rings is 2. The summed E-state index contributed by atoms with van der Waals surface area (Å²) >= 11 is 0. The third-order valence-corrected chi connectivity index (χ3v) is 2.98. The Morgan fingerprint density at radius 2 is 1.85 bits per heavy atom. The molecule has 0 aromatic heterocycles. The molecule has 0 unspecified atom stereocenters. The molecule has 0 radical (unpaired) electrons. The molecule has 0 aliphatic carbocycles. The van der Waals surface area contributed by atoms with Crippen molar-refractivity contribution in [2.75, 3.05) is 7.11 Å². The van der Waals surface area contributed by atoms with Crippen LogP contribution in [0.1, 0.15) is 21.5 Å². The summed E-state index contributed by atoms with van der Waals surface area (Å²) in [5.74, 6) is -0.570.